The van der Waals surface area contributed by atoms with Gasteiger partial charge in [-0.25, -0.2) is 46.6 Å². The molecule has 446 valence electrons. The zero-order valence-electron chi connectivity index (χ0n) is 44.3. The molecule has 0 aliphatic heterocycles. The molecule has 0 bridgehead atoms. The first-order chi connectivity index (χ1) is 36.8. The topological polar surface area (TPSA) is 441 Å². The first-order valence-electron chi connectivity index (χ1n) is 21.5. The Balaban J connectivity index is 0.000000512. The monoisotopic (exact) mass is 1250 g/mol. The van der Waals surface area contributed by atoms with E-state index in [2.05, 4.69) is 4.74 Å². The van der Waals surface area contributed by atoms with Crippen LogP contribution in [0.25, 0.3) is 0 Å². The predicted molar refractivity (Wildman–Crippen MR) is 283 cm³/mol. The van der Waals surface area contributed by atoms with Gasteiger partial charge in [-0.2, -0.15) is 8.78 Å². The summed E-state index contributed by atoms with van der Waals surface area (Å²) in [6.45, 7) is 4.23. The number of rotatable bonds is 15. The van der Waals surface area contributed by atoms with Crippen LogP contribution in [0.4, 0.5) is 37.2 Å². The first kappa shape index (κ1) is 70.9. The molecule has 3 N–H and O–H groups in total. The van der Waals surface area contributed by atoms with Crippen LogP contribution in [0.15, 0.2) is 86.3 Å². The Morgan fingerprint density at radius 1 is 0.457 bits per heavy atom. The number of sulfonamides is 3. The lowest BCUT2D eigenvalue weighted by molar-refractivity contribution is -0.386. The maximum absolute atomic E-state index is 12.2. The van der Waals surface area contributed by atoms with E-state index in [9.17, 15) is 103 Å². The van der Waals surface area contributed by atoms with Crippen molar-refractivity contribution in [2.75, 3.05) is 49.4 Å². The van der Waals surface area contributed by atoms with Gasteiger partial charge in [0.05, 0.1) is 51.3 Å². The minimum atomic E-state index is -4.05. The van der Waals surface area contributed by atoms with E-state index >= 15 is 0 Å². The molecule has 0 fully saturated rings. The molecule has 0 unspecified atom stereocenters. The van der Waals surface area contributed by atoms with Crippen molar-refractivity contribution in [1.82, 2.24) is 12.9 Å². The predicted octanol–water partition coefficient (Wildman–Crippen LogP) is 6.92. The van der Waals surface area contributed by atoms with Crippen molar-refractivity contribution < 1.29 is 91.9 Å². The van der Waals surface area contributed by atoms with Crippen LogP contribution in [0, 0.1) is 85.2 Å². The third kappa shape index (κ3) is 18.8. The number of methoxy groups -OCH3 is 1. The summed E-state index contributed by atoms with van der Waals surface area (Å²) in [6, 6.07) is 11.8. The van der Waals surface area contributed by atoms with Crippen molar-refractivity contribution in [2.24, 2.45) is 0 Å². The van der Waals surface area contributed by atoms with Crippen LogP contribution in [-0.4, -0.2) is 143 Å². The van der Waals surface area contributed by atoms with E-state index in [4.69, 9.17) is 20.5 Å². The zero-order chi connectivity index (χ0) is 63.4. The van der Waals surface area contributed by atoms with Crippen LogP contribution in [0.3, 0.4) is 0 Å². The minimum absolute atomic E-state index is 0.0372. The number of nitrogens with zero attached hydrogens (tertiary/aromatic N) is 8. The fourth-order valence-electron chi connectivity index (χ4n) is 6.03. The molecule has 0 aliphatic carbocycles. The van der Waals surface area contributed by atoms with Gasteiger partial charge in [0, 0.05) is 83.3 Å². The van der Waals surface area contributed by atoms with Crippen molar-refractivity contribution >= 4 is 78.2 Å². The molecule has 0 saturated heterocycles. The van der Waals surface area contributed by atoms with Crippen molar-refractivity contribution in [3.8, 4) is 28.7 Å². The highest BCUT2D eigenvalue weighted by molar-refractivity contribution is 8.13. The van der Waals surface area contributed by atoms with Gasteiger partial charge < -0.3 is 24.8 Å². The molecule has 5 aromatic carbocycles. The van der Waals surface area contributed by atoms with Gasteiger partial charge in [0.2, 0.25) is 35.8 Å². The molecule has 0 atom stereocenters. The second-order valence-electron chi connectivity index (χ2n) is 16.5. The van der Waals surface area contributed by atoms with E-state index in [-0.39, 0.29) is 59.1 Å². The number of nitro groups is 5. The van der Waals surface area contributed by atoms with Gasteiger partial charge in [-0.3, -0.25) is 50.6 Å². The normalized spacial score (nSPS) is 11.4. The third-order valence-corrected chi connectivity index (χ3v) is 17.5. The average Bonchev–Trinajstić information content (AvgIpc) is 3.30. The number of ether oxygens (including phenoxy) is 2. The molecular formula is C43H51ClF2N8O23S4. The highest BCUT2D eigenvalue weighted by Crippen LogP contribution is 2.37. The van der Waals surface area contributed by atoms with Crippen LogP contribution < -0.4 is 9.47 Å². The van der Waals surface area contributed by atoms with Crippen LogP contribution >= 0.6 is 10.7 Å². The third-order valence-electron chi connectivity index (χ3n) is 10.1. The van der Waals surface area contributed by atoms with E-state index in [0.717, 1.165) is 54.9 Å². The number of aryl methyl sites for hydroxylation is 5. The fourth-order valence-corrected chi connectivity index (χ4v) is 10.6. The molecule has 0 heterocycles. The number of nitro benzene ring substituents is 5. The van der Waals surface area contributed by atoms with Crippen molar-refractivity contribution in [3.63, 3.8) is 0 Å². The van der Waals surface area contributed by atoms with Gasteiger partial charge in [0.1, 0.15) is 0 Å². The second kappa shape index (κ2) is 28.4. The highest BCUT2D eigenvalue weighted by atomic mass is 35.7. The number of hydrogen-bond donors (Lipinski definition) is 3. The Bertz CT molecular complexity index is 3700. The molecule has 0 aromatic heterocycles. The standard InChI is InChI=1S/C10H12F2N2O5S.C10H14N2O5S.C9H12N2O5S.C7H6ClNO5S.C7H7NO3/c1-6-4-8(19-10(11)12)7(14(15)16)5-9(6)20(17,18)13(2)3;1-7-5-9(17-4)8(12(13)14)6-10(7)18(15,16)11(2)3;1-6-4-8(12)7(11(13)14)5-9(6)17(15,16)10(2)3;1-4-2-6(10)5(9(11)12)3-7(4)15(8,13)14;1-5-2-3-6(8(10)11)7(9)4-5/h4-5,10H,1-3H3;5-6H,1-4H3;4-5,12H,1-3H3;2-3,10H,1H3;2-4,9H,1H3. The van der Waals surface area contributed by atoms with E-state index < -0.39 is 105 Å². The Kier molecular flexibility index (Phi) is 24.9. The molecule has 0 spiro atoms. The van der Waals surface area contributed by atoms with Gasteiger partial charge in [-0.1, -0.05) is 6.07 Å². The van der Waals surface area contributed by atoms with Gasteiger partial charge in [0.15, 0.2) is 23.0 Å². The molecule has 5 rings (SSSR count). The number of phenolic OH excluding ortho intramolecular Hbond substituents is 3. The smallest absolute Gasteiger partial charge is 0.387 e. The van der Waals surface area contributed by atoms with Crippen molar-refractivity contribution in [1.29, 1.82) is 0 Å². The summed E-state index contributed by atoms with van der Waals surface area (Å²) < 4.78 is 130. The van der Waals surface area contributed by atoms with Gasteiger partial charge in [-0.05, 0) is 92.8 Å². The van der Waals surface area contributed by atoms with Crippen LogP contribution in [0.1, 0.15) is 27.8 Å². The average molecular weight is 1250 g/mol. The summed E-state index contributed by atoms with van der Waals surface area (Å²) in [4.78, 5) is 47.9. The van der Waals surface area contributed by atoms with E-state index in [1.165, 1.54) is 88.4 Å². The van der Waals surface area contributed by atoms with E-state index in [1.807, 2.05) is 0 Å². The molecular weight excluding hydrogens is 1200 g/mol. The Morgan fingerprint density at radius 3 is 1.04 bits per heavy atom. The summed E-state index contributed by atoms with van der Waals surface area (Å²) >= 11 is 0. The number of benzene rings is 5. The van der Waals surface area contributed by atoms with Crippen molar-refractivity contribution in [2.45, 2.75) is 60.8 Å². The molecule has 0 amide bonds. The fraction of sp³-hybridized carbons (Fsp3) is 0.302. The molecule has 0 saturated carbocycles. The molecule has 31 nitrogen and oxygen atoms in total. The van der Waals surface area contributed by atoms with E-state index in [0.29, 0.717) is 11.6 Å². The summed E-state index contributed by atoms with van der Waals surface area (Å²) in [6.07, 6.45) is 0. The van der Waals surface area contributed by atoms with Gasteiger partial charge in [-0.15, -0.1) is 0 Å². The summed E-state index contributed by atoms with van der Waals surface area (Å²) in [5.74, 6) is -2.07. The Labute approximate surface area is 465 Å². The summed E-state index contributed by atoms with van der Waals surface area (Å²) in [7, 11) is -1.20. The van der Waals surface area contributed by atoms with Crippen LogP contribution in [0.5, 0.6) is 28.7 Å². The SMILES string of the molecule is COc1cc(C)c(S(=O)(=O)N(C)C)cc1[N+](=O)[O-].Cc1cc(O)c([N+](=O)[O-])cc1S(=O)(=O)Cl.Cc1cc(O)c([N+](=O)[O-])cc1S(=O)(=O)N(C)C.Cc1cc(OC(F)F)c([N+](=O)[O-])cc1S(=O)(=O)N(C)C.Cc1ccc([N+](=O)[O-])c(O)c1. The molecule has 0 aliphatic rings. The molecule has 5 aromatic rings. The number of halogens is 3. The summed E-state index contributed by atoms with van der Waals surface area (Å²) in [5, 5.41) is 80.4. The lowest BCUT2D eigenvalue weighted by Gasteiger charge is -2.14. The molecule has 81 heavy (non-hydrogen) atoms. The maximum atomic E-state index is 12.2. The molecule has 0 radical (unpaired) electrons. The maximum Gasteiger partial charge on any atom is 0.387 e. The van der Waals surface area contributed by atoms with Gasteiger partial charge in [0.25, 0.3) is 9.05 Å². The second-order valence-corrected chi connectivity index (χ2v) is 25.4. The Hall–Kier alpha value is -8.07. The van der Waals surface area contributed by atoms with Crippen LogP contribution in [0.2, 0.25) is 0 Å². The number of alkyl halides is 2. The minimum Gasteiger partial charge on any atom is -0.502 e. The number of phenols is 3. The van der Waals surface area contributed by atoms with Gasteiger partial charge >= 0.3 is 35.0 Å². The quantitative estimate of drug-likeness (QED) is 0.0543. The van der Waals surface area contributed by atoms with Crippen LogP contribution in [-0.2, 0) is 39.1 Å². The lowest BCUT2D eigenvalue weighted by atomic mass is 10.2. The number of hydrogen-bond acceptors (Lipinski definition) is 23. The van der Waals surface area contributed by atoms with E-state index in [1.54, 1.807) is 19.9 Å². The lowest BCUT2D eigenvalue weighted by Crippen LogP contribution is -2.23. The number of aromatic hydroxyl groups is 3. The largest absolute Gasteiger partial charge is 0.502 e. The zero-order valence-corrected chi connectivity index (χ0v) is 48.3. The highest BCUT2D eigenvalue weighted by Gasteiger charge is 2.30. The first-order valence-corrected chi connectivity index (χ1v) is 28.1. The summed E-state index contributed by atoms with van der Waals surface area (Å²) in [5.41, 5.74) is -1.12. The van der Waals surface area contributed by atoms with Crippen molar-refractivity contribution in [3.05, 3.63) is 145 Å². The Morgan fingerprint density at radius 2 is 0.741 bits per heavy atom. The molecule has 38 heteroatoms.